The fraction of sp³-hybridized carbons (Fsp3) is 0.379. The average molecular weight is 472 g/mol. The summed E-state index contributed by atoms with van der Waals surface area (Å²) in [7, 11) is 0. The van der Waals surface area contributed by atoms with Gasteiger partial charge in [-0.1, -0.05) is 29.8 Å². The summed E-state index contributed by atoms with van der Waals surface area (Å²) >= 11 is 0. The van der Waals surface area contributed by atoms with Crippen LogP contribution in [0.4, 0.5) is 5.88 Å². The first-order chi connectivity index (χ1) is 16.9. The number of anilines is 1. The summed E-state index contributed by atoms with van der Waals surface area (Å²) in [6, 6.07) is 12.3. The zero-order valence-electron chi connectivity index (χ0n) is 20.8. The second-order valence-electron chi connectivity index (χ2n) is 9.93. The van der Waals surface area contributed by atoms with Gasteiger partial charge in [0.1, 0.15) is 5.58 Å². The van der Waals surface area contributed by atoms with Gasteiger partial charge in [-0.25, -0.2) is 0 Å². The van der Waals surface area contributed by atoms with Crippen molar-refractivity contribution in [2.24, 2.45) is 0 Å². The monoisotopic (exact) mass is 471 g/mol. The van der Waals surface area contributed by atoms with Gasteiger partial charge >= 0.3 is 0 Å². The molecule has 5 rings (SSSR count). The molecule has 2 aromatic carbocycles. The van der Waals surface area contributed by atoms with Crippen molar-refractivity contribution in [1.29, 1.82) is 0 Å². The minimum atomic E-state index is -0.0819. The predicted octanol–water partition coefficient (Wildman–Crippen LogP) is 4.90. The van der Waals surface area contributed by atoms with E-state index in [1.807, 2.05) is 36.1 Å². The summed E-state index contributed by atoms with van der Waals surface area (Å²) in [5.74, 6) is 0.517. The molecule has 0 fully saturated rings. The topological polar surface area (TPSA) is 65.8 Å². The molecular formula is C29H33N3O3. The molecule has 0 aliphatic carbocycles. The van der Waals surface area contributed by atoms with E-state index in [1.165, 1.54) is 22.3 Å². The highest BCUT2D eigenvalue weighted by Crippen LogP contribution is 2.26. The Balaban J connectivity index is 1.14. The lowest BCUT2D eigenvalue weighted by molar-refractivity contribution is -0.128. The molecule has 6 nitrogen and oxygen atoms in total. The van der Waals surface area contributed by atoms with Crippen molar-refractivity contribution in [2.75, 3.05) is 31.5 Å². The Morgan fingerprint density at radius 2 is 1.77 bits per heavy atom. The molecule has 6 heteroatoms. The molecule has 0 radical (unpaired) electrons. The molecule has 182 valence electrons. The average Bonchev–Trinajstić information content (AvgIpc) is 3.24. The van der Waals surface area contributed by atoms with Crippen LogP contribution >= 0.6 is 0 Å². The quantitative estimate of drug-likeness (QED) is 0.575. The molecule has 1 N–H and O–H groups in total. The standard InChI is InChI=1S/C29H33N3O3/c1-19-6-7-26-24(13-19)16-28(35-26)30-27(33)9-11-31-10-4-5-23(17-31)29(34)32-12-8-22-14-20(2)21(3)15-25(22)18-32/h5-7,13-16H,4,8-12,17-18H2,1-3H3,(H,30,33). The van der Waals surface area contributed by atoms with E-state index >= 15 is 0 Å². The summed E-state index contributed by atoms with van der Waals surface area (Å²) in [4.78, 5) is 30.0. The maximum atomic E-state index is 13.3. The molecule has 0 saturated heterocycles. The van der Waals surface area contributed by atoms with Gasteiger partial charge < -0.3 is 9.32 Å². The zero-order chi connectivity index (χ0) is 24.5. The highest BCUT2D eigenvalue weighted by molar-refractivity contribution is 5.94. The Morgan fingerprint density at radius 1 is 0.971 bits per heavy atom. The van der Waals surface area contributed by atoms with Crippen molar-refractivity contribution < 1.29 is 14.0 Å². The van der Waals surface area contributed by atoms with E-state index in [9.17, 15) is 9.59 Å². The third kappa shape index (κ3) is 5.17. The van der Waals surface area contributed by atoms with Crippen LogP contribution in [0.1, 0.15) is 40.7 Å². The number of carbonyl (C=O) groups is 2. The first kappa shape index (κ1) is 23.4. The maximum absolute atomic E-state index is 13.3. The molecule has 0 atom stereocenters. The smallest absolute Gasteiger partial charge is 0.251 e. The van der Waals surface area contributed by atoms with Crippen LogP contribution < -0.4 is 5.32 Å². The van der Waals surface area contributed by atoms with E-state index in [1.54, 1.807) is 0 Å². The lowest BCUT2D eigenvalue weighted by atomic mass is 9.94. The third-order valence-corrected chi connectivity index (χ3v) is 7.21. The van der Waals surface area contributed by atoms with E-state index in [0.717, 1.165) is 48.0 Å². The van der Waals surface area contributed by atoms with Crippen molar-refractivity contribution in [3.63, 3.8) is 0 Å². The van der Waals surface area contributed by atoms with Crippen LogP contribution in [0.25, 0.3) is 11.0 Å². The van der Waals surface area contributed by atoms with Crippen molar-refractivity contribution >= 4 is 28.7 Å². The summed E-state index contributed by atoms with van der Waals surface area (Å²) in [5, 5.41) is 3.85. The van der Waals surface area contributed by atoms with Gasteiger partial charge in [0.25, 0.3) is 5.91 Å². The third-order valence-electron chi connectivity index (χ3n) is 7.21. The Hall–Kier alpha value is -3.38. The summed E-state index contributed by atoms with van der Waals surface area (Å²) in [6.45, 7) is 9.79. The summed E-state index contributed by atoms with van der Waals surface area (Å²) in [6.07, 6.45) is 4.16. The number of furan rings is 1. The first-order valence-electron chi connectivity index (χ1n) is 12.5. The second-order valence-corrected chi connectivity index (χ2v) is 9.93. The number of aryl methyl sites for hydroxylation is 3. The number of hydrogen-bond acceptors (Lipinski definition) is 4. The molecule has 0 unspecified atom stereocenters. The van der Waals surface area contributed by atoms with Crippen LogP contribution in [-0.4, -0.2) is 47.8 Å². The molecule has 35 heavy (non-hydrogen) atoms. The van der Waals surface area contributed by atoms with Crippen molar-refractivity contribution in [3.8, 4) is 0 Å². The van der Waals surface area contributed by atoms with Gasteiger partial charge in [0.05, 0.1) is 0 Å². The summed E-state index contributed by atoms with van der Waals surface area (Å²) < 4.78 is 5.74. The van der Waals surface area contributed by atoms with Crippen LogP contribution in [0, 0.1) is 20.8 Å². The SMILES string of the molecule is Cc1ccc2oc(NC(=O)CCN3CCC=C(C(=O)N4CCc5cc(C)c(C)cc5C4)C3)cc2c1. The van der Waals surface area contributed by atoms with E-state index < -0.39 is 0 Å². The number of fused-ring (bicyclic) bond motifs is 2. The van der Waals surface area contributed by atoms with Gasteiger partial charge in [-0.2, -0.15) is 0 Å². The lowest BCUT2D eigenvalue weighted by Crippen LogP contribution is -2.41. The molecule has 2 aliphatic heterocycles. The largest absolute Gasteiger partial charge is 0.440 e. The van der Waals surface area contributed by atoms with Crippen molar-refractivity contribution in [3.05, 3.63) is 75.9 Å². The fourth-order valence-corrected chi connectivity index (χ4v) is 5.07. The van der Waals surface area contributed by atoms with E-state index in [4.69, 9.17) is 4.42 Å². The zero-order valence-corrected chi connectivity index (χ0v) is 20.8. The van der Waals surface area contributed by atoms with Gasteiger partial charge in [-0.3, -0.25) is 19.8 Å². The molecule has 3 heterocycles. The molecule has 1 aromatic heterocycles. The number of hydrogen-bond donors (Lipinski definition) is 1. The summed E-state index contributed by atoms with van der Waals surface area (Å²) in [5.41, 5.74) is 7.97. The van der Waals surface area contributed by atoms with Gasteiger partial charge in [0.15, 0.2) is 0 Å². The number of benzene rings is 2. The van der Waals surface area contributed by atoms with Crippen molar-refractivity contribution in [2.45, 2.75) is 46.6 Å². The van der Waals surface area contributed by atoms with Crippen LogP contribution in [0.5, 0.6) is 0 Å². The van der Waals surface area contributed by atoms with Crippen LogP contribution in [-0.2, 0) is 22.6 Å². The Kier molecular flexibility index (Phi) is 6.48. The van der Waals surface area contributed by atoms with Crippen LogP contribution in [0.3, 0.4) is 0 Å². The van der Waals surface area contributed by atoms with Crippen LogP contribution in [0.15, 0.2) is 52.5 Å². The Labute approximate surface area is 206 Å². The maximum Gasteiger partial charge on any atom is 0.251 e. The predicted molar refractivity (Wildman–Crippen MR) is 138 cm³/mol. The lowest BCUT2D eigenvalue weighted by Gasteiger charge is -2.33. The molecular weight excluding hydrogens is 438 g/mol. The molecule has 0 bridgehead atoms. The van der Waals surface area contributed by atoms with E-state index in [0.29, 0.717) is 31.9 Å². The molecule has 3 aromatic rings. The van der Waals surface area contributed by atoms with Crippen molar-refractivity contribution in [1.82, 2.24) is 9.80 Å². The number of nitrogens with zero attached hydrogens (tertiary/aromatic N) is 2. The minimum absolute atomic E-state index is 0.0819. The van der Waals surface area contributed by atoms with E-state index in [-0.39, 0.29) is 11.8 Å². The minimum Gasteiger partial charge on any atom is -0.440 e. The van der Waals surface area contributed by atoms with E-state index in [2.05, 4.69) is 42.3 Å². The molecule has 2 aliphatic rings. The molecule has 0 spiro atoms. The normalized spacial score (nSPS) is 16.2. The van der Waals surface area contributed by atoms with Gasteiger partial charge in [-0.05, 0) is 68.0 Å². The highest BCUT2D eigenvalue weighted by atomic mass is 16.4. The Bertz CT molecular complexity index is 1320. The van der Waals surface area contributed by atoms with Gasteiger partial charge in [-0.15, -0.1) is 0 Å². The van der Waals surface area contributed by atoms with Crippen LogP contribution in [0.2, 0.25) is 0 Å². The number of amides is 2. The number of nitrogens with one attached hydrogen (secondary N) is 1. The highest BCUT2D eigenvalue weighted by Gasteiger charge is 2.26. The Morgan fingerprint density at radius 3 is 2.60 bits per heavy atom. The number of rotatable bonds is 5. The molecule has 0 saturated carbocycles. The molecule has 2 amide bonds. The van der Waals surface area contributed by atoms with Gasteiger partial charge in [0, 0.05) is 56.2 Å². The second kappa shape index (κ2) is 9.70. The number of carbonyl (C=O) groups excluding carboxylic acids is 2. The fourth-order valence-electron chi connectivity index (χ4n) is 5.07. The van der Waals surface area contributed by atoms with Gasteiger partial charge in [0.2, 0.25) is 11.8 Å². The first-order valence-corrected chi connectivity index (χ1v) is 12.5.